The second-order valence-electron chi connectivity index (χ2n) is 3.96. The van der Waals surface area contributed by atoms with Gasteiger partial charge < -0.3 is 0 Å². The van der Waals surface area contributed by atoms with Crippen molar-refractivity contribution in [1.82, 2.24) is 0 Å². The van der Waals surface area contributed by atoms with E-state index in [0.717, 1.165) is 0 Å². The number of allylic oxidation sites excluding steroid dienone is 1. The van der Waals surface area contributed by atoms with Crippen molar-refractivity contribution in [3.05, 3.63) is 49.9 Å². The summed E-state index contributed by atoms with van der Waals surface area (Å²) in [7, 11) is 0. The van der Waals surface area contributed by atoms with Crippen LogP contribution in [0, 0.1) is 13.8 Å². The maximum atomic E-state index is 12.4. The first-order valence-electron chi connectivity index (χ1n) is 5.59. The molecule has 0 atom stereocenters. The Morgan fingerprint density at radius 2 is 1.65 bits per heavy atom. The highest BCUT2D eigenvalue weighted by Gasteiger charge is 2.12. The molecule has 90 valence electrons. The molecule has 0 aromatic carbocycles. The molecule has 2 aromatic rings. The Morgan fingerprint density at radius 3 is 2.00 bits per heavy atom. The van der Waals surface area contributed by atoms with Crippen LogP contribution in [0.1, 0.15) is 27.3 Å². The van der Waals surface area contributed by atoms with Gasteiger partial charge in [-0.05, 0) is 54.3 Å². The Bertz CT molecular complexity index is 478. The summed E-state index contributed by atoms with van der Waals surface area (Å²) >= 11 is 3.46. The van der Waals surface area contributed by atoms with E-state index in [4.69, 9.17) is 0 Å². The van der Waals surface area contributed by atoms with Gasteiger partial charge in [0, 0.05) is 15.3 Å². The summed E-state index contributed by atoms with van der Waals surface area (Å²) in [6, 6.07) is 4.23. The molecule has 2 aromatic heterocycles. The van der Waals surface area contributed by atoms with Crippen molar-refractivity contribution in [3.8, 4) is 0 Å². The van der Waals surface area contributed by atoms with Crippen LogP contribution in [0.5, 0.6) is 0 Å². The van der Waals surface area contributed by atoms with Gasteiger partial charge in [-0.15, -0.1) is 22.7 Å². The van der Waals surface area contributed by atoms with Gasteiger partial charge in [-0.25, -0.2) is 0 Å². The molecule has 0 aliphatic carbocycles. The van der Waals surface area contributed by atoms with E-state index in [9.17, 15) is 4.39 Å². The molecule has 0 fully saturated rings. The lowest BCUT2D eigenvalue weighted by Gasteiger charge is -2.06. The smallest absolute Gasteiger partial charge is 0.0929 e. The zero-order chi connectivity index (χ0) is 12.3. The molecule has 0 saturated carbocycles. The molecule has 0 bridgehead atoms. The molecular weight excluding hydrogens is 251 g/mol. The Morgan fingerprint density at radius 1 is 1.12 bits per heavy atom. The Hall–Kier alpha value is -0.930. The van der Waals surface area contributed by atoms with Crippen LogP contribution in [0.3, 0.4) is 0 Å². The van der Waals surface area contributed by atoms with E-state index in [1.807, 2.05) is 6.08 Å². The predicted octanol–water partition coefficient (Wildman–Crippen LogP) is 5.22. The van der Waals surface area contributed by atoms with Crippen molar-refractivity contribution < 1.29 is 4.39 Å². The van der Waals surface area contributed by atoms with E-state index in [1.54, 1.807) is 22.7 Å². The highest BCUT2D eigenvalue weighted by atomic mass is 32.1. The van der Waals surface area contributed by atoms with Crippen LogP contribution >= 0.6 is 22.7 Å². The first-order valence-corrected chi connectivity index (χ1v) is 7.35. The van der Waals surface area contributed by atoms with Crippen LogP contribution in [-0.4, -0.2) is 6.67 Å². The predicted molar refractivity (Wildman–Crippen MR) is 75.8 cm³/mol. The first-order chi connectivity index (χ1) is 8.24. The summed E-state index contributed by atoms with van der Waals surface area (Å²) in [5.74, 6) is 0. The highest BCUT2D eigenvalue weighted by Crippen LogP contribution is 2.35. The van der Waals surface area contributed by atoms with Gasteiger partial charge >= 0.3 is 0 Å². The zero-order valence-corrected chi connectivity index (χ0v) is 11.6. The lowest BCUT2D eigenvalue weighted by molar-refractivity contribution is 0.501. The number of hydrogen-bond donors (Lipinski definition) is 0. The van der Waals surface area contributed by atoms with E-state index in [2.05, 4.69) is 36.7 Å². The molecule has 0 spiro atoms. The summed E-state index contributed by atoms with van der Waals surface area (Å²) in [5.41, 5.74) is 3.74. The molecule has 0 aliphatic rings. The number of thiophene rings is 2. The van der Waals surface area contributed by atoms with Gasteiger partial charge in [-0.2, -0.15) is 0 Å². The summed E-state index contributed by atoms with van der Waals surface area (Å²) < 4.78 is 12.4. The van der Waals surface area contributed by atoms with Gasteiger partial charge in [0.25, 0.3) is 0 Å². The largest absolute Gasteiger partial charge is 0.251 e. The van der Waals surface area contributed by atoms with Gasteiger partial charge in [-0.3, -0.25) is 4.39 Å². The maximum absolute atomic E-state index is 12.4. The topological polar surface area (TPSA) is 0 Å². The molecule has 2 rings (SSSR count). The Kier molecular flexibility index (Phi) is 4.13. The van der Waals surface area contributed by atoms with Gasteiger partial charge in [0.15, 0.2) is 0 Å². The van der Waals surface area contributed by atoms with E-state index in [0.29, 0.717) is 6.42 Å². The van der Waals surface area contributed by atoms with Crippen molar-refractivity contribution in [2.24, 2.45) is 0 Å². The third-order valence-corrected chi connectivity index (χ3v) is 4.77. The molecule has 2 heterocycles. The molecule has 17 heavy (non-hydrogen) atoms. The molecule has 0 unspecified atom stereocenters. The van der Waals surface area contributed by atoms with Crippen molar-refractivity contribution in [3.63, 3.8) is 0 Å². The van der Waals surface area contributed by atoms with Crippen LogP contribution in [0.2, 0.25) is 0 Å². The quantitative estimate of drug-likeness (QED) is 0.712. The molecule has 3 heteroatoms. The molecule has 0 nitrogen and oxygen atoms in total. The van der Waals surface area contributed by atoms with E-state index in [-0.39, 0.29) is 6.67 Å². The fourth-order valence-corrected chi connectivity index (χ4v) is 3.80. The molecule has 0 amide bonds. The fourth-order valence-electron chi connectivity index (χ4n) is 1.78. The molecular formula is C14H15FS2. The van der Waals surface area contributed by atoms with Gasteiger partial charge in [-0.1, -0.05) is 6.08 Å². The van der Waals surface area contributed by atoms with Crippen molar-refractivity contribution in [2.45, 2.75) is 20.3 Å². The minimum Gasteiger partial charge on any atom is -0.251 e. The third-order valence-electron chi connectivity index (χ3n) is 2.67. The number of rotatable bonds is 4. The highest BCUT2D eigenvalue weighted by molar-refractivity contribution is 7.14. The second-order valence-corrected chi connectivity index (χ2v) is 5.79. The number of aryl methyl sites for hydroxylation is 2. The normalized spacial score (nSPS) is 10.5. The zero-order valence-electron chi connectivity index (χ0n) is 10.00. The van der Waals surface area contributed by atoms with E-state index in [1.165, 1.54) is 26.5 Å². The summed E-state index contributed by atoms with van der Waals surface area (Å²) in [6.07, 6.45) is 2.52. The van der Waals surface area contributed by atoms with Crippen LogP contribution < -0.4 is 0 Å². The van der Waals surface area contributed by atoms with Crippen molar-refractivity contribution >= 4 is 28.2 Å². The van der Waals surface area contributed by atoms with Crippen molar-refractivity contribution in [1.29, 1.82) is 0 Å². The van der Waals surface area contributed by atoms with Crippen LogP contribution in [0.15, 0.2) is 29.0 Å². The minimum absolute atomic E-state index is 0.293. The molecule has 0 N–H and O–H groups in total. The van der Waals surface area contributed by atoms with Crippen LogP contribution in [0.25, 0.3) is 5.57 Å². The van der Waals surface area contributed by atoms with E-state index < -0.39 is 0 Å². The molecule has 0 saturated heterocycles. The third kappa shape index (κ3) is 2.67. The SMILES string of the molecule is Cc1ccsc1C(=CCCF)c1sccc1C. The minimum atomic E-state index is -0.293. The van der Waals surface area contributed by atoms with Crippen molar-refractivity contribution in [2.75, 3.05) is 6.67 Å². The Labute approximate surface area is 109 Å². The van der Waals surface area contributed by atoms with Gasteiger partial charge in [0.1, 0.15) is 0 Å². The monoisotopic (exact) mass is 266 g/mol. The number of halogens is 1. The number of alkyl halides is 1. The van der Waals surface area contributed by atoms with Crippen LogP contribution in [-0.2, 0) is 0 Å². The number of hydrogen-bond acceptors (Lipinski definition) is 2. The Balaban J connectivity index is 2.47. The second kappa shape index (κ2) is 5.61. The lowest BCUT2D eigenvalue weighted by atomic mass is 10.1. The molecule has 0 aliphatic heterocycles. The summed E-state index contributed by atoms with van der Waals surface area (Å²) in [6.45, 7) is 3.93. The van der Waals surface area contributed by atoms with E-state index >= 15 is 0 Å². The standard InChI is InChI=1S/C14H15FS2/c1-10-5-8-16-13(10)12(4-3-7-15)14-11(2)6-9-17-14/h4-6,8-9H,3,7H2,1-2H3. The maximum Gasteiger partial charge on any atom is 0.0929 e. The van der Waals surface area contributed by atoms with Gasteiger partial charge in [0.2, 0.25) is 0 Å². The fraction of sp³-hybridized carbons (Fsp3) is 0.286. The summed E-state index contributed by atoms with van der Waals surface area (Å²) in [4.78, 5) is 2.54. The first kappa shape index (κ1) is 12.5. The van der Waals surface area contributed by atoms with Crippen LogP contribution in [0.4, 0.5) is 4.39 Å². The lowest BCUT2D eigenvalue weighted by Crippen LogP contribution is -1.87. The average Bonchev–Trinajstić information content (AvgIpc) is 2.90. The average molecular weight is 266 g/mol. The molecule has 0 radical (unpaired) electrons. The summed E-state index contributed by atoms with van der Waals surface area (Å²) in [5, 5.41) is 4.19. The van der Waals surface area contributed by atoms with Gasteiger partial charge in [0.05, 0.1) is 6.67 Å².